The average molecular weight is 491 g/mol. The van der Waals surface area contributed by atoms with E-state index in [1.54, 1.807) is 0 Å². The SMILES string of the molecule is CCNC(=NCC1(O)CCSC1)N1CCOC(c2ccccc2C)C1.I. The average Bonchev–Trinajstić information content (AvgIpc) is 3.06. The maximum atomic E-state index is 10.6. The number of benzene rings is 1. The first-order valence-corrected chi connectivity index (χ1v) is 10.3. The Balaban J connectivity index is 0.00000243. The van der Waals surface area contributed by atoms with Crippen LogP contribution in [0.25, 0.3) is 0 Å². The largest absolute Gasteiger partial charge is 0.387 e. The molecule has 2 heterocycles. The molecule has 2 N–H and O–H groups in total. The van der Waals surface area contributed by atoms with Gasteiger partial charge in [-0.3, -0.25) is 4.99 Å². The fourth-order valence-corrected chi connectivity index (χ4v) is 4.63. The lowest BCUT2D eigenvalue weighted by atomic mass is 10.0. The van der Waals surface area contributed by atoms with Crippen LogP contribution in [0.4, 0.5) is 0 Å². The zero-order valence-corrected chi connectivity index (χ0v) is 18.8. The standard InChI is InChI=1S/C19H29N3O2S.HI/c1-3-20-18(21-13-19(23)8-11-25-14-19)22-9-10-24-17(12-22)16-7-5-4-6-15(16)2;/h4-7,17,23H,3,8-14H2,1-2H3,(H,20,21);1H. The van der Waals surface area contributed by atoms with E-state index in [1.165, 1.54) is 11.1 Å². The third-order valence-corrected chi connectivity index (χ3v) is 6.08. The van der Waals surface area contributed by atoms with Crippen molar-refractivity contribution in [3.63, 3.8) is 0 Å². The van der Waals surface area contributed by atoms with Crippen LogP contribution in [-0.2, 0) is 4.74 Å². The van der Waals surface area contributed by atoms with E-state index < -0.39 is 5.60 Å². The monoisotopic (exact) mass is 491 g/mol. The number of aliphatic hydroxyl groups is 1. The Morgan fingerprint density at radius 3 is 2.96 bits per heavy atom. The minimum Gasteiger partial charge on any atom is -0.387 e. The number of thioether (sulfide) groups is 1. The van der Waals surface area contributed by atoms with Gasteiger partial charge in [-0.15, -0.1) is 24.0 Å². The van der Waals surface area contributed by atoms with E-state index in [-0.39, 0.29) is 30.1 Å². The van der Waals surface area contributed by atoms with Gasteiger partial charge in [0.1, 0.15) is 6.10 Å². The first-order chi connectivity index (χ1) is 12.1. The molecule has 0 radical (unpaired) electrons. The zero-order valence-electron chi connectivity index (χ0n) is 15.6. The van der Waals surface area contributed by atoms with Gasteiger partial charge in [-0.05, 0) is 37.1 Å². The second-order valence-corrected chi connectivity index (χ2v) is 7.96. The quantitative estimate of drug-likeness (QED) is 0.386. The Morgan fingerprint density at radius 2 is 2.27 bits per heavy atom. The van der Waals surface area contributed by atoms with Crippen molar-refractivity contribution >= 4 is 41.7 Å². The number of hydrogen-bond acceptors (Lipinski definition) is 4. The van der Waals surface area contributed by atoms with E-state index >= 15 is 0 Å². The molecule has 1 aromatic carbocycles. The van der Waals surface area contributed by atoms with Crippen LogP contribution in [0.2, 0.25) is 0 Å². The van der Waals surface area contributed by atoms with Crippen molar-refractivity contribution in [2.75, 3.05) is 44.3 Å². The number of hydrogen-bond donors (Lipinski definition) is 2. The molecular weight excluding hydrogens is 461 g/mol. The van der Waals surface area contributed by atoms with Crippen LogP contribution in [0.5, 0.6) is 0 Å². The number of aryl methyl sites for hydroxylation is 1. The molecule has 0 spiro atoms. The normalized spacial score (nSPS) is 26.5. The zero-order chi connectivity index (χ0) is 17.7. The summed E-state index contributed by atoms with van der Waals surface area (Å²) < 4.78 is 6.02. The Bertz CT molecular complexity index is 608. The Morgan fingerprint density at radius 1 is 1.46 bits per heavy atom. The summed E-state index contributed by atoms with van der Waals surface area (Å²) in [5, 5.41) is 14.0. The van der Waals surface area contributed by atoms with E-state index in [4.69, 9.17) is 9.73 Å². The van der Waals surface area contributed by atoms with Gasteiger partial charge < -0.3 is 20.1 Å². The van der Waals surface area contributed by atoms with Gasteiger partial charge in [0.05, 0.1) is 25.3 Å². The third kappa shape index (κ3) is 5.50. The highest BCUT2D eigenvalue weighted by atomic mass is 127. The van der Waals surface area contributed by atoms with Gasteiger partial charge in [0.2, 0.25) is 0 Å². The number of aliphatic imine (C=N–C) groups is 1. The van der Waals surface area contributed by atoms with Gasteiger partial charge in [0.15, 0.2) is 5.96 Å². The number of morpholine rings is 1. The summed E-state index contributed by atoms with van der Waals surface area (Å²) in [4.78, 5) is 7.01. The van der Waals surface area contributed by atoms with Crippen LogP contribution in [0.1, 0.15) is 30.6 Å². The summed E-state index contributed by atoms with van der Waals surface area (Å²) in [5.74, 6) is 2.69. The summed E-state index contributed by atoms with van der Waals surface area (Å²) in [7, 11) is 0. The fraction of sp³-hybridized carbons (Fsp3) is 0.632. The van der Waals surface area contributed by atoms with Gasteiger partial charge >= 0.3 is 0 Å². The highest BCUT2D eigenvalue weighted by molar-refractivity contribution is 14.0. The maximum absolute atomic E-state index is 10.6. The van der Waals surface area contributed by atoms with Gasteiger partial charge in [-0.1, -0.05) is 24.3 Å². The molecule has 0 aromatic heterocycles. The predicted octanol–water partition coefficient (Wildman–Crippen LogP) is 2.82. The minimum atomic E-state index is -0.646. The number of ether oxygens (including phenoxy) is 1. The number of rotatable bonds is 4. The maximum Gasteiger partial charge on any atom is 0.194 e. The molecule has 2 atom stereocenters. The van der Waals surface area contributed by atoms with Crippen molar-refractivity contribution < 1.29 is 9.84 Å². The highest BCUT2D eigenvalue weighted by Gasteiger charge is 2.32. The molecule has 146 valence electrons. The van der Waals surface area contributed by atoms with Crippen molar-refractivity contribution in [3.05, 3.63) is 35.4 Å². The van der Waals surface area contributed by atoms with E-state index in [0.717, 1.165) is 43.5 Å². The molecule has 0 saturated carbocycles. The van der Waals surface area contributed by atoms with E-state index in [0.29, 0.717) is 13.2 Å². The summed E-state index contributed by atoms with van der Waals surface area (Å²) >= 11 is 1.81. The molecule has 0 amide bonds. The van der Waals surface area contributed by atoms with Crippen LogP contribution in [0, 0.1) is 6.92 Å². The van der Waals surface area contributed by atoms with Gasteiger partial charge in [-0.2, -0.15) is 11.8 Å². The molecule has 0 aliphatic carbocycles. The molecule has 2 fully saturated rings. The van der Waals surface area contributed by atoms with E-state index in [9.17, 15) is 5.11 Å². The van der Waals surface area contributed by atoms with Crippen molar-refractivity contribution in [3.8, 4) is 0 Å². The Labute approximate surface area is 178 Å². The second kappa shape index (κ2) is 10.1. The molecule has 2 aliphatic rings. The molecule has 26 heavy (non-hydrogen) atoms. The van der Waals surface area contributed by atoms with Crippen LogP contribution < -0.4 is 5.32 Å². The lowest BCUT2D eigenvalue weighted by molar-refractivity contribution is -0.00854. The van der Waals surface area contributed by atoms with Gasteiger partial charge in [-0.25, -0.2) is 0 Å². The smallest absolute Gasteiger partial charge is 0.194 e. The molecule has 2 aliphatic heterocycles. The van der Waals surface area contributed by atoms with E-state index in [1.807, 2.05) is 11.8 Å². The van der Waals surface area contributed by atoms with Gasteiger partial charge in [0.25, 0.3) is 0 Å². The summed E-state index contributed by atoms with van der Waals surface area (Å²) in [6.45, 7) is 7.78. The van der Waals surface area contributed by atoms with Crippen molar-refractivity contribution in [2.24, 2.45) is 4.99 Å². The van der Waals surface area contributed by atoms with Gasteiger partial charge in [0, 0.05) is 18.8 Å². The van der Waals surface area contributed by atoms with Crippen molar-refractivity contribution in [1.82, 2.24) is 10.2 Å². The number of nitrogens with one attached hydrogen (secondary N) is 1. The number of guanidine groups is 1. The molecule has 3 rings (SSSR count). The fourth-order valence-electron chi connectivity index (χ4n) is 3.35. The lowest BCUT2D eigenvalue weighted by Crippen LogP contribution is -2.49. The first kappa shape index (κ1) is 21.8. The lowest BCUT2D eigenvalue weighted by Gasteiger charge is -2.36. The third-order valence-electron chi connectivity index (χ3n) is 4.84. The topological polar surface area (TPSA) is 57.1 Å². The summed E-state index contributed by atoms with van der Waals surface area (Å²) in [6.07, 6.45) is 0.888. The van der Waals surface area contributed by atoms with Crippen molar-refractivity contribution in [2.45, 2.75) is 32.0 Å². The second-order valence-electron chi connectivity index (χ2n) is 6.86. The first-order valence-electron chi connectivity index (χ1n) is 9.12. The molecule has 5 nitrogen and oxygen atoms in total. The Kier molecular flexibility index (Phi) is 8.50. The van der Waals surface area contributed by atoms with E-state index in [2.05, 4.69) is 48.3 Å². The van der Waals surface area contributed by atoms with Crippen LogP contribution in [-0.4, -0.2) is 65.9 Å². The molecule has 2 unspecified atom stereocenters. The van der Waals surface area contributed by atoms with Crippen LogP contribution in [0.15, 0.2) is 29.3 Å². The molecular formula is C19H30IN3O2S. The van der Waals surface area contributed by atoms with Crippen LogP contribution in [0.3, 0.4) is 0 Å². The molecule has 1 aromatic rings. The molecule has 7 heteroatoms. The predicted molar refractivity (Wildman–Crippen MR) is 120 cm³/mol. The van der Waals surface area contributed by atoms with Crippen molar-refractivity contribution in [1.29, 1.82) is 0 Å². The summed E-state index contributed by atoms with van der Waals surface area (Å²) in [5.41, 5.74) is 1.86. The number of nitrogens with zero attached hydrogens (tertiary/aromatic N) is 2. The molecule has 2 saturated heterocycles. The molecule has 0 bridgehead atoms. The minimum absolute atomic E-state index is 0. The Hall–Kier alpha value is -0.510. The highest BCUT2D eigenvalue weighted by Crippen LogP contribution is 2.28. The summed E-state index contributed by atoms with van der Waals surface area (Å²) in [6, 6.07) is 8.40. The van der Waals surface area contributed by atoms with Crippen LogP contribution >= 0.6 is 35.7 Å². The number of halogens is 1.